The number of carboxylic acids is 1. The van der Waals surface area contributed by atoms with Gasteiger partial charge in [-0.15, -0.1) is 0 Å². The van der Waals surface area contributed by atoms with Crippen LogP contribution in [0.1, 0.15) is 17.3 Å². The minimum absolute atomic E-state index is 0.118. The van der Waals surface area contributed by atoms with Crippen LogP contribution in [0.5, 0.6) is 17.2 Å². The molecule has 20 heavy (non-hydrogen) atoms. The Bertz CT molecular complexity index is 625. The lowest BCUT2D eigenvalue weighted by Crippen LogP contribution is -2.00. The average molecular weight is 273 g/mol. The van der Waals surface area contributed by atoms with Crippen molar-refractivity contribution < 1.29 is 19.4 Å². The van der Waals surface area contributed by atoms with Crippen molar-refractivity contribution in [3.63, 3.8) is 0 Å². The fraction of sp³-hybridized carbons (Fsp3) is 0.133. The highest BCUT2D eigenvalue weighted by molar-refractivity contribution is 5.89. The van der Waals surface area contributed by atoms with Gasteiger partial charge in [0, 0.05) is 0 Å². The van der Waals surface area contributed by atoms with Crippen LogP contribution < -0.4 is 15.2 Å². The number of anilines is 1. The Balaban J connectivity index is 2.28. The number of hydrogen-bond donors (Lipinski definition) is 2. The van der Waals surface area contributed by atoms with E-state index in [2.05, 4.69) is 0 Å². The number of nitrogens with two attached hydrogens (primary N) is 1. The number of ether oxygens (including phenoxy) is 2. The number of para-hydroxylation sites is 2. The zero-order chi connectivity index (χ0) is 14.5. The summed E-state index contributed by atoms with van der Waals surface area (Å²) in [4.78, 5) is 10.8. The minimum atomic E-state index is -1.03. The van der Waals surface area contributed by atoms with Gasteiger partial charge < -0.3 is 20.3 Å². The molecular formula is C15H15NO4. The molecule has 5 heteroatoms. The van der Waals surface area contributed by atoms with Gasteiger partial charge in [-0.05, 0) is 37.3 Å². The highest BCUT2D eigenvalue weighted by Gasteiger charge is 2.10. The molecule has 0 spiro atoms. The van der Waals surface area contributed by atoms with E-state index in [4.69, 9.17) is 20.3 Å². The molecule has 0 heterocycles. The van der Waals surface area contributed by atoms with Crippen molar-refractivity contribution in [3.8, 4) is 17.2 Å². The number of hydrogen-bond acceptors (Lipinski definition) is 4. The van der Waals surface area contributed by atoms with Gasteiger partial charge in [-0.3, -0.25) is 0 Å². The molecule has 0 saturated heterocycles. The van der Waals surface area contributed by atoms with Crippen LogP contribution in [0.15, 0.2) is 42.5 Å². The number of rotatable bonds is 5. The Hall–Kier alpha value is -2.69. The van der Waals surface area contributed by atoms with Gasteiger partial charge in [0.1, 0.15) is 0 Å². The van der Waals surface area contributed by atoms with E-state index < -0.39 is 5.97 Å². The van der Waals surface area contributed by atoms with Crippen LogP contribution in [-0.2, 0) is 0 Å². The molecule has 0 radical (unpaired) electrons. The normalized spacial score (nSPS) is 10.1. The van der Waals surface area contributed by atoms with E-state index in [0.29, 0.717) is 23.9 Å². The zero-order valence-electron chi connectivity index (χ0n) is 11.0. The molecule has 0 aromatic heterocycles. The standard InChI is InChI=1S/C15H15NO4/c1-2-19-13-5-3-4-6-14(13)20-12-8-7-10(15(17)18)9-11(12)16/h3-9H,2,16H2,1H3,(H,17,18). The SMILES string of the molecule is CCOc1ccccc1Oc1ccc(C(=O)O)cc1N. The second-order valence-corrected chi connectivity index (χ2v) is 4.04. The molecule has 2 aromatic rings. The molecule has 0 saturated carbocycles. The Morgan fingerprint density at radius 1 is 1.15 bits per heavy atom. The predicted octanol–water partition coefficient (Wildman–Crippen LogP) is 3.16. The molecule has 0 amide bonds. The zero-order valence-corrected chi connectivity index (χ0v) is 11.0. The van der Waals surface area contributed by atoms with Crippen molar-refractivity contribution >= 4 is 11.7 Å². The second kappa shape index (κ2) is 5.97. The third kappa shape index (κ3) is 3.00. The highest BCUT2D eigenvalue weighted by atomic mass is 16.5. The number of carboxylic acid groups (broad SMARTS) is 1. The lowest BCUT2D eigenvalue weighted by atomic mass is 10.2. The van der Waals surface area contributed by atoms with Crippen molar-refractivity contribution in [3.05, 3.63) is 48.0 Å². The molecule has 0 bridgehead atoms. The maximum absolute atomic E-state index is 10.8. The van der Waals surface area contributed by atoms with Gasteiger partial charge >= 0.3 is 5.97 Å². The molecule has 3 N–H and O–H groups in total. The summed E-state index contributed by atoms with van der Waals surface area (Å²) < 4.78 is 11.1. The summed E-state index contributed by atoms with van der Waals surface area (Å²) in [6.07, 6.45) is 0. The van der Waals surface area contributed by atoms with E-state index in [9.17, 15) is 4.79 Å². The first-order valence-corrected chi connectivity index (χ1v) is 6.14. The summed E-state index contributed by atoms with van der Waals surface area (Å²) in [5.74, 6) is 0.501. The second-order valence-electron chi connectivity index (χ2n) is 4.04. The summed E-state index contributed by atoms with van der Waals surface area (Å²) in [6.45, 7) is 2.40. The van der Waals surface area contributed by atoms with E-state index in [1.807, 2.05) is 19.1 Å². The lowest BCUT2D eigenvalue weighted by molar-refractivity contribution is 0.0697. The molecule has 0 unspecified atom stereocenters. The monoisotopic (exact) mass is 273 g/mol. The molecule has 104 valence electrons. The van der Waals surface area contributed by atoms with Crippen LogP contribution >= 0.6 is 0 Å². The predicted molar refractivity (Wildman–Crippen MR) is 75.5 cm³/mol. The number of nitrogen functional groups attached to an aromatic ring is 1. The van der Waals surface area contributed by atoms with Gasteiger partial charge in [-0.25, -0.2) is 4.79 Å². The molecule has 0 atom stereocenters. The minimum Gasteiger partial charge on any atom is -0.490 e. The van der Waals surface area contributed by atoms with Crippen molar-refractivity contribution in [2.75, 3.05) is 12.3 Å². The van der Waals surface area contributed by atoms with Crippen LogP contribution in [0.3, 0.4) is 0 Å². The quantitative estimate of drug-likeness (QED) is 0.818. The maximum Gasteiger partial charge on any atom is 0.335 e. The van der Waals surface area contributed by atoms with E-state index in [1.54, 1.807) is 12.1 Å². The first kappa shape index (κ1) is 13.7. The third-order valence-corrected chi connectivity index (χ3v) is 2.63. The molecule has 0 aliphatic rings. The van der Waals surface area contributed by atoms with E-state index in [-0.39, 0.29) is 11.3 Å². The van der Waals surface area contributed by atoms with Gasteiger partial charge in [0.05, 0.1) is 17.9 Å². The van der Waals surface area contributed by atoms with Gasteiger partial charge in [-0.2, -0.15) is 0 Å². The molecule has 0 aliphatic carbocycles. The van der Waals surface area contributed by atoms with Crippen LogP contribution in [0.25, 0.3) is 0 Å². The molecular weight excluding hydrogens is 258 g/mol. The third-order valence-electron chi connectivity index (χ3n) is 2.63. The molecule has 2 aromatic carbocycles. The fourth-order valence-electron chi connectivity index (χ4n) is 1.70. The summed E-state index contributed by atoms with van der Waals surface area (Å²) >= 11 is 0. The van der Waals surface area contributed by atoms with Crippen molar-refractivity contribution in [2.45, 2.75) is 6.92 Å². The maximum atomic E-state index is 10.8. The lowest BCUT2D eigenvalue weighted by Gasteiger charge is -2.12. The Morgan fingerprint density at radius 3 is 2.45 bits per heavy atom. The van der Waals surface area contributed by atoms with Crippen LogP contribution in [0.4, 0.5) is 5.69 Å². The van der Waals surface area contributed by atoms with Crippen molar-refractivity contribution in [1.82, 2.24) is 0 Å². The fourth-order valence-corrected chi connectivity index (χ4v) is 1.70. The van der Waals surface area contributed by atoms with Gasteiger partial charge in [0.25, 0.3) is 0 Å². The van der Waals surface area contributed by atoms with Crippen molar-refractivity contribution in [2.24, 2.45) is 0 Å². The summed E-state index contributed by atoms with van der Waals surface area (Å²) in [6, 6.07) is 11.5. The Kier molecular flexibility index (Phi) is 4.10. The molecule has 2 rings (SSSR count). The first-order chi connectivity index (χ1) is 9.61. The average Bonchev–Trinajstić information content (AvgIpc) is 2.43. The van der Waals surface area contributed by atoms with E-state index in [0.717, 1.165) is 0 Å². The Labute approximate surface area is 116 Å². The van der Waals surface area contributed by atoms with Crippen LogP contribution in [-0.4, -0.2) is 17.7 Å². The van der Waals surface area contributed by atoms with Gasteiger partial charge in [-0.1, -0.05) is 12.1 Å². The Morgan fingerprint density at radius 2 is 1.85 bits per heavy atom. The molecule has 0 fully saturated rings. The van der Waals surface area contributed by atoms with Gasteiger partial charge in [0.15, 0.2) is 17.2 Å². The highest BCUT2D eigenvalue weighted by Crippen LogP contribution is 2.34. The van der Waals surface area contributed by atoms with Crippen LogP contribution in [0, 0.1) is 0 Å². The molecule has 5 nitrogen and oxygen atoms in total. The number of aromatic carboxylic acids is 1. The summed E-state index contributed by atoms with van der Waals surface area (Å²) in [7, 11) is 0. The topological polar surface area (TPSA) is 81.8 Å². The smallest absolute Gasteiger partial charge is 0.335 e. The van der Waals surface area contributed by atoms with Crippen molar-refractivity contribution in [1.29, 1.82) is 0 Å². The number of carbonyl (C=O) groups is 1. The van der Waals surface area contributed by atoms with Crippen LogP contribution in [0.2, 0.25) is 0 Å². The van der Waals surface area contributed by atoms with E-state index >= 15 is 0 Å². The van der Waals surface area contributed by atoms with E-state index in [1.165, 1.54) is 18.2 Å². The van der Waals surface area contributed by atoms with Gasteiger partial charge in [0.2, 0.25) is 0 Å². The summed E-state index contributed by atoms with van der Waals surface area (Å²) in [5, 5.41) is 8.89. The summed E-state index contributed by atoms with van der Waals surface area (Å²) in [5.41, 5.74) is 6.18. The number of benzene rings is 2. The first-order valence-electron chi connectivity index (χ1n) is 6.14. The molecule has 0 aliphatic heterocycles. The largest absolute Gasteiger partial charge is 0.490 e.